The third-order valence-electron chi connectivity index (χ3n) is 4.43. The minimum Gasteiger partial charge on any atom is -0.357 e. The van der Waals surface area contributed by atoms with Crippen molar-refractivity contribution in [2.75, 3.05) is 20.1 Å². The van der Waals surface area contributed by atoms with Gasteiger partial charge in [0.25, 0.3) is 0 Å². The normalized spacial score (nSPS) is 14.7. The topological polar surface area (TPSA) is 56.7 Å². The number of hydrogen-bond acceptors (Lipinski definition) is 2. The summed E-state index contributed by atoms with van der Waals surface area (Å²) in [4.78, 5) is 18.7. The Labute approximate surface area is 182 Å². The molecule has 0 spiro atoms. The first kappa shape index (κ1) is 23.2. The van der Waals surface area contributed by atoms with Crippen molar-refractivity contribution in [1.29, 1.82) is 0 Å². The summed E-state index contributed by atoms with van der Waals surface area (Å²) in [6.45, 7) is 3.99. The molecule has 1 aromatic rings. The minimum atomic E-state index is 0. The van der Waals surface area contributed by atoms with Gasteiger partial charge >= 0.3 is 0 Å². The van der Waals surface area contributed by atoms with Crippen LogP contribution >= 0.6 is 39.9 Å². The molecule has 1 saturated carbocycles. The fourth-order valence-corrected chi connectivity index (χ4v) is 3.42. The highest BCUT2D eigenvalue weighted by Crippen LogP contribution is 2.18. The van der Waals surface area contributed by atoms with Crippen molar-refractivity contribution in [2.45, 2.75) is 51.6 Å². The maximum atomic E-state index is 12.3. The lowest BCUT2D eigenvalue weighted by molar-refractivity contribution is -0.130. The number of halogens is 2. The maximum absolute atomic E-state index is 12.3. The van der Waals surface area contributed by atoms with E-state index in [0.29, 0.717) is 25.6 Å². The van der Waals surface area contributed by atoms with Gasteiger partial charge in [0.15, 0.2) is 5.96 Å². The van der Waals surface area contributed by atoms with Gasteiger partial charge in [0.2, 0.25) is 5.91 Å². The van der Waals surface area contributed by atoms with E-state index in [2.05, 4.69) is 38.5 Å². The van der Waals surface area contributed by atoms with E-state index in [-0.39, 0.29) is 29.9 Å². The van der Waals surface area contributed by atoms with Gasteiger partial charge < -0.3 is 15.5 Å². The molecule has 0 heterocycles. The molecule has 0 unspecified atom stereocenters. The zero-order valence-electron chi connectivity index (χ0n) is 15.6. The van der Waals surface area contributed by atoms with Crippen molar-refractivity contribution >= 4 is 51.8 Å². The Hall–Kier alpha value is -0.830. The molecule has 146 valence electrons. The van der Waals surface area contributed by atoms with Crippen LogP contribution in [-0.4, -0.2) is 42.9 Å². The number of guanidine groups is 1. The Morgan fingerprint density at radius 2 is 2.00 bits per heavy atom. The molecule has 1 amide bonds. The Kier molecular flexibility index (Phi) is 11.2. The summed E-state index contributed by atoms with van der Waals surface area (Å²) in [5, 5.41) is 6.74. The molecule has 0 saturated heterocycles. The van der Waals surface area contributed by atoms with E-state index in [4.69, 9.17) is 0 Å². The molecule has 1 fully saturated rings. The molecule has 2 rings (SSSR count). The van der Waals surface area contributed by atoms with Crippen LogP contribution in [0.15, 0.2) is 33.7 Å². The van der Waals surface area contributed by atoms with E-state index in [9.17, 15) is 4.79 Å². The van der Waals surface area contributed by atoms with Crippen LogP contribution in [0.4, 0.5) is 0 Å². The second-order valence-corrected chi connectivity index (χ2v) is 7.33. The molecule has 0 aromatic heterocycles. The van der Waals surface area contributed by atoms with Crippen LogP contribution in [0, 0.1) is 0 Å². The Morgan fingerprint density at radius 3 is 2.65 bits per heavy atom. The zero-order chi connectivity index (χ0) is 18.1. The van der Waals surface area contributed by atoms with E-state index in [1.54, 1.807) is 4.90 Å². The first-order valence-corrected chi connectivity index (χ1v) is 9.91. The van der Waals surface area contributed by atoms with Crippen LogP contribution in [0.5, 0.6) is 0 Å². The highest BCUT2D eigenvalue weighted by atomic mass is 127. The molecule has 2 N–H and O–H groups in total. The standard InChI is InChI=1S/C19H29BrN4O.HI/c1-3-21-19(23-16-9-5-6-10-16)22-13-12-18(25)24(2)14-15-8-4-7-11-17(15)20;/h4,7-8,11,16H,3,5-6,9-10,12-14H2,1-2H3,(H2,21,22,23);1H. The number of rotatable bonds is 7. The van der Waals surface area contributed by atoms with Crippen molar-refractivity contribution in [3.05, 3.63) is 34.3 Å². The van der Waals surface area contributed by atoms with E-state index < -0.39 is 0 Å². The van der Waals surface area contributed by atoms with E-state index in [1.807, 2.05) is 31.3 Å². The molecule has 5 nitrogen and oxygen atoms in total. The molecule has 7 heteroatoms. The summed E-state index contributed by atoms with van der Waals surface area (Å²) in [6.07, 6.45) is 5.41. The highest BCUT2D eigenvalue weighted by Gasteiger charge is 2.16. The smallest absolute Gasteiger partial charge is 0.224 e. The van der Waals surface area contributed by atoms with Gasteiger partial charge in [0.1, 0.15) is 0 Å². The molecular formula is C19H30BrIN4O. The second-order valence-electron chi connectivity index (χ2n) is 6.48. The molecule has 1 aromatic carbocycles. The predicted octanol–water partition coefficient (Wildman–Crippen LogP) is 3.91. The summed E-state index contributed by atoms with van der Waals surface area (Å²) in [5.74, 6) is 0.937. The van der Waals surface area contributed by atoms with Crippen LogP contribution in [0.2, 0.25) is 0 Å². The first-order valence-electron chi connectivity index (χ1n) is 9.12. The lowest BCUT2D eigenvalue weighted by Crippen LogP contribution is -2.42. The van der Waals surface area contributed by atoms with Crippen molar-refractivity contribution in [3.8, 4) is 0 Å². The Morgan fingerprint density at radius 1 is 1.31 bits per heavy atom. The summed E-state index contributed by atoms with van der Waals surface area (Å²) in [7, 11) is 1.84. The molecule has 1 aliphatic carbocycles. The van der Waals surface area contributed by atoms with E-state index in [1.165, 1.54) is 25.7 Å². The lowest BCUT2D eigenvalue weighted by Gasteiger charge is -2.19. The molecule has 1 aliphatic rings. The number of nitrogens with one attached hydrogen (secondary N) is 2. The zero-order valence-corrected chi connectivity index (χ0v) is 19.5. The SMILES string of the molecule is CCNC(=NCCC(=O)N(C)Cc1ccccc1Br)NC1CCCC1.I. The van der Waals surface area contributed by atoms with Gasteiger partial charge in [-0.3, -0.25) is 9.79 Å². The number of carbonyl (C=O) groups excluding carboxylic acids is 1. The number of hydrogen-bond donors (Lipinski definition) is 2. The van der Waals surface area contributed by atoms with E-state index in [0.717, 1.165) is 22.5 Å². The molecule has 0 radical (unpaired) electrons. The van der Waals surface area contributed by atoms with Crippen LogP contribution in [0.3, 0.4) is 0 Å². The van der Waals surface area contributed by atoms with Crippen LogP contribution in [0.1, 0.15) is 44.6 Å². The lowest BCUT2D eigenvalue weighted by atomic mass is 10.2. The van der Waals surface area contributed by atoms with Gasteiger partial charge in [-0.05, 0) is 31.4 Å². The van der Waals surface area contributed by atoms with Gasteiger partial charge in [0.05, 0.1) is 6.54 Å². The average molecular weight is 537 g/mol. The summed E-state index contributed by atoms with van der Waals surface area (Å²) >= 11 is 3.53. The summed E-state index contributed by atoms with van der Waals surface area (Å²) in [5.41, 5.74) is 1.11. The highest BCUT2D eigenvalue weighted by molar-refractivity contribution is 14.0. The van der Waals surface area contributed by atoms with Crippen molar-refractivity contribution in [3.63, 3.8) is 0 Å². The Bertz CT molecular complexity index is 591. The van der Waals surface area contributed by atoms with Crippen molar-refractivity contribution in [2.24, 2.45) is 4.99 Å². The van der Waals surface area contributed by atoms with Crippen LogP contribution in [-0.2, 0) is 11.3 Å². The monoisotopic (exact) mass is 536 g/mol. The van der Waals surface area contributed by atoms with Crippen molar-refractivity contribution < 1.29 is 4.79 Å². The number of benzene rings is 1. The minimum absolute atomic E-state index is 0. The number of carbonyl (C=O) groups is 1. The quantitative estimate of drug-likeness (QED) is 0.315. The van der Waals surface area contributed by atoms with Crippen LogP contribution < -0.4 is 10.6 Å². The third kappa shape index (κ3) is 7.82. The van der Waals surface area contributed by atoms with Gasteiger partial charge in [-0.15, -0.1) is 24.0 Å². The van der Waals surface area contributed by atoms with Gasteiger partial charge in [-0.1, -0.05) is 47.0 Å². The van der Waals surface area contributed by atoms with Gasteiger partial charge in [0, 0.05) is 37.1 Å². The summed E-state index contributed by atoms with van der Waals surface area (Å²) in [6, 6.07) is 8.51. The number of nitrogens with zero attached hydrogens (tertiary/aromatic N) is 2. The average Bonchev–Trinajstić information content (AvgIpc) is 3.10. The van der Waals surface area contributed by atoms with Gasteiger partial charge in [-0.25, -0.2) is 0 Å². The molecule has 0 aliphatic heterocycles. The van der Waals surface area contributed by atoms with Gasteiger partial charge in [-0.2, -0.15) is 0 Å². The Balaban J connectivity index is 0.00000338. The van der Waals surface area contributed by atoms with E-state index >= 15 is 0 Å². The van der Waals surface area contributed by atoms with Crippen LogP contribution in [0.25, 0.3) is 0 Å². The first-order chi connectivity index (χ1) is 12.1. The maximum Gasteiger partial charge on any atom is 0.224 e. The largest absolute Gasteiger partial charge is 0.357 e. The third-order valence-corrected chi connectivity index (χ3v) is 5.20. The number of amides is 1. The predicted molar refractivity (Wildman–Crippen MR) is 122 cm³/mol. The van der Waals surface area contributed by atoms with Crippen molar-refractivity contribution in [1.82, 2.24) is 15.5 Å². The molecule has 26 heavy (non-hydrogen) atoms. The summed E-state index contributed by atoms with van der Waals surface area (Å²) < 4.78 is 1.03. The molecular weight excluding hydrogens is 507 g/mol. The second kappa shape index (κ2) is 12.5. The fourth-order valence-electron chi connectivity index (χ4n) is 3.01. The fraction of sp³-hybridized carbons (Fsp3) is 0.579. The number of aliphatic imine (C=N–C) groups is 1. The molecule has 0 atom stereocenters. The molecule has 0 bridgehead atoms.